The summed E-state index contributed by atoms with van der Waals surface area (Å²) in [6.07, 6.45) is 2.70. The highest BCUT2D eigenvalue weighted by Gasteiger charge is 2.24. The van der Waals surface area contributed by atoms with Gasteiger partial charge in [0.15, 0.2) is 0 Å². The zero-order valence-electron chi connectivity index (χ0n) is 14.3. The monoisotopic (exact) mass is 294 g/mol. The molecular weight excluding hydrogens is 264 g/mol. The van der Waals surface area contributed by atoms with Crippen molar-refractivity contribution in [2.75, 3.05) is 6.61 Å². The summed E-state index contributed by atoms with van der Waals surface area (Å²) >= 11 is 0. The fourth-order valence-electron chi connectivity index (χ4n) is 2.36. The molecule has 0 heterocycles. The number of unbranched alkanes of at least 4 members (excludes halogenated alkanes) is 1. The number of hydrogen-bond acceptors (Lipinski definition) is 3. The predicted molar refractivity (Wildman–Crippen MR) is 87.1 cm³/mol. The Morgan fingerprint density at radius 1 is 1.00 bits per heavy atom. The lowest BCUT2D eigenvalue weighted by molar-refractivity contribution is -0.0185. The largest absolute Gasteiger partial charge is 0.508 e. The second-order valence-corrected chi connectivity index (χ2v) is 7.39. The van der Waals surface area contributed by atoms with Gasteiger partial charge in [-0.05, 0) is 37.8 Å². The van der Waals surface area contributed by atoms with E-state index in [1.165, 1.54) is 0 Å². The molecule has 3 heteroatoms. The SMILES string of the molecule is CCCCOC(C)(C)Cc1cc(O)c(C(C)(C)C)cc1O. The number of aromatic hydroxyl groups is 2. The van der Waals surface area contributed by atoms with Crippen LogP contribution in [0.5, 0.6) is 11.5 Å². The van der Waals surface area contributed by atoms with Crippen LogP contribution in [0.4, 0.5) is 0 Å². The van der Waals surface area contributed by atoms with E-state index in [-0.39, 0.29) is 22.5 Å². The zero-order valence-corrected chi connectivity index (χ0v) is 14.3. The van der Waals surface area contributed by atoms with Crippen molar-refractivity contribution in [2.45, 2.75) is 71.8 Å². The van der Waals surface area contributed by atoms with Gasteiger partial charge in [0.25, 0.3) is 0 Å². The molecule has 0 amide bonds. The van der Waals surface area contributed by atoms with Crippen molar-refractivity contribution < 1.29 is 14.9 Å². The molecule has 0 unspecified atom stereocenters. The maximum Gasteiger partial charge on any atom is 0.119 e. The molecule has 0 aliphatic heterocycles. The topological polar surface area (TPSA) is 49.7 Å². The van der Waals surface area contributed by atoms with E-state index in [4.69, 9.17) is 4.74 Å². The maximum atomic E-state index is 10.2. The van der Waals surface area contributed by atoms with Crippen molar-refractivity contribution >= 4 is 0 Å². The first-order valence-electron chi connectivity index (χ1n) is 7.76. The summed E-state index contributed by atoms with van der Waals surface area (Å²) in [5, 5.41) is 20.5. The minimum atomic E-state index is -0.359. The fraction of sp³-hybridized carbons (Fsp3) is 0.667. The minimum absolute atomic E-state index is 0.201. The first-order chi connectivity index (χ1) is 9.57. The van der Waals surface area contributed by atoms with Gasteiger partial charge in [-0.2, -0.15) is 0 Å². The van der Waals surface area contributed by atoms with Crippen molar-refractivity contribution in [3.63, 3.8) is 0 Å². The van der Waals surface area contributed by atoms with Crippen molar-refractivity contribution in [2.24, 2.45) is 0 Å². The van der Waals surface area contributed by atoms with Gasteiger partial charge in [-0.25, -0.2) is 0 Å². The molecule has 0 radical (unpaired) electrons. The summed E-state index contributed by atoms with van der Waals surface area (Å²) in [5.41, 5.74) is 0.922. The van der Waals surface area contributed by atoms with Crippen LogP contribution in [0.15, 0.2) is 12.1 Å². The highest BCUT2D eigenvalue weighted by atomic mass is 16.5. The standard InChI is InChI=1S/C18H30O3/c1-7-8-9-21-18(5,6)12-13-10-16(20)14(11-15(13)19)17(2,3)4/h10-11,19-20H,7-9,12H2,1-6H3. The summed E-state index contributed by atoms with van der Waals surface area (Å²) in [6.45, 7) is 12.9. The van der Waals surface area contributed by atoms with Crippen molar-refractivity contribution in [3.05, 3.63) is 23.3 Å². The van der Waals surface area contributed by atoms with Crippen LogP contribution in [0.1, 0.15) is 65.5 Å². The summed E-state index contributed by atoms with van der Waals surface area (Å²) in [6, 6.07) is 3.34. The van der Waals surface area contributed by atoms with E-state index in [0.717, 1.165) is 30.6 Å². The van der Waals surface area contributed by atoms with Gasteiger partial charge in [-0.1, -0.05) is 34.1 Å². The number of rotatable bonds is 6. The molecule has 0 aromatic heterocycles. The van der Waals surface area contributed by atoms with Crippen LogP contribution in [0, 0.1) is 0 Å². The second-order valence-electron chi connectivity index (χ2n) is 7.39. The van der Waals surface area contributed by atoms with Crippen LogP contribution in [-0.2, 0) is 16.6 Å². The Morgan fingerprint density at radius 2 is 1.62 bits per heavy atom. The molecule has 0 atom stereocenters. The third-order valence-corrected chi connectivity index (χ3v) is 3.61. The molecule has 0 aliphatic carbocycles. The first-order valence-corrected chi connectivity index (χ1v) is 7.76. The van der Waals surface area contributed by atoms with Crippen LogP contribution in [-0.4, -0.2) is 22.4 Å². The highest BCUT2D eigenvalue weighted by molar-refractivity contribution is 5.48. The summed E-state index contributed by atoms with van der Waals surface area (Å²) < 4.78 is 5.87. The van der Waals surface area contributed by atoms with E-state index in [9.17, 15) is 10.2 Å². The summed E-state index contributed by atoms with van der Waals surface area (Å²) in [7, 11) is 0. The molecule has 2 N–H and O–H groups in total. The summed E-state index contributed by atoms with van der Waals surface area (Å²) in [4.78, 5) is 0. The Bertz CT molecular complexity index is 470. The van der Waals surface area contributed by atoms with Crippen molar-refractivity contribution in [1.82, 2.24) is 0 Å². The lowest BCUT2D eigenvalue weighted by atomic mass is 9.84. The third-order valence-electron chi connectivity index (χ3n) is 3.61. The number of phenols is 2. The lowest BCUT2D eigenvalue weighted by Crippen LogP contribution is -2.28. The van der Waals surface area contributed by atoms with E-state index in [1.54, 1.807) is 12.1 Å². The molecule has 1 aromatic rings. The number of phenolic OH excluding ortho intramolecular Hbond substituents is 2. The van der Waals surface area contributed by atoms with Crippen LogP contribution >= 0.6 is 0 Å². The quantitative estimate of drug-likeness (QED) is 0.598. The lowest BCUT2D eigenvalue weighted by Gasteiger charge is -2.27. The molecule has 1 aromatic carbocycles. The molecule has 3 nitrogen and oxygen atoms in total. The van der Waals surface area contributed by atoms with E-state index < -0.39 is 0 Å². The van der Waals surface area contributed by atoms with Gasteiger partial charge in [0.1, 0.15) is 11.5 Å². The van der Waals surface area contributed by atoms with Gasteiger partial charge in [0.05, 0.1) is 5.60 Å². The number of hydrogen-bond donors (Lipinski definition) is 2. The van der Waals surface area contributed by atoms with Crippen molar-refractivity contribution in [3.8, 4) is 11.5 Å². The Labute approximate surface area is 129 Å². The predicted octanol–water partition coefficient (Wildman–Crippen LogP) is 4.53. The minimum Gasteiger partial charge on any atom is -0.508 e. The third kappa shape index (κ3) is 5.24. The van der Waals surface area contributed by atoms with Gasteiger partial charge in [-0.3, -0.25) is 0 Å². The maximum absolute atomic E-state index is 10.2. The molecule has 0 aliphatic rings. The Hall–Kier alpha value is -1.22. The van der Waals surface area contributed by atoms with E-state index in [0.29, 0.717) is 6.42 Å². The van der Waals surface area contributed by atoms with E-state index >= 15 is 0 Å². The molecule has 0 spiro atoms. The molecule has 0 fully saturated rings. The average molecular weight is 294 g/mol. The molecule has 1 rings (SSSR count). The zero-order chi connectivity index (χ0) is 16.3. The number of benzene rings is 1. The summed E-state index contributed by atoms with van der Waals surface area (Å²) in [5.74, 6) is 0.463. The van der Waals surface area contributed by atoms with Crippen LogP contribution in [0.25, 0.3) is 0 Å². The smallest absolute Gasteiger partial charge is 0.119 e. The average Bonchev–Trinajstić information content (AvgIpc) is 2.31. The molecule has 120 valence electrons. The van der Waals surface area contributed by atoms with Gasteiger partial charge < -0.3 is 14.9 Å². The van der Waals surface area contributed by atoms with Crippen LogP contribution in [0.2, 0.25) is 0 Å². The van der Waals surface area contributed by atoms with Gasteiger partial charge in [-0.15, -0.1) is 0 Å². The first kappa shape index (κ1) is 17.8. The molecule has 0 saturated carbocycles. The molecular formula is C18H30O3. The second kappa shape index (κ2) is 6.69. The molecule has 21 heavy (non-hydrogen) atoms. The van der Waals surface area contributed by atoms with E-state index in [1.807, 2.05) is 34.6 Å². The highest BCUT2D eigenvalue weighted by Crippen LogP contribution is 2.37. The van der Waals surface area contributed by atoms with Crippen LogP contribution in [0.3, 0.4) is 0 Å². The Morgan fingerprint density at radius 3 is 2.14 bits per heavy atom. The van der Waals surface area contributed by atoms with E-state index in [2.05, 4.69) is 6.92 Å². The van der Waals surface area contributed by atoms with Gasteiger partial charge in [0, 0.05) is 24.2 Å². The van der Waals surface area contributed by atoms with Crippen molar-refractivity contribution in [1.29, 1.82) is 0 Å². The fourth-order valence-corrected chi connectivity index (χ4v) is 2.36. The van der Waals surface area contributed by atoms with Crippen LogP contribution < -0.4 is 0 Å². The molecule has 0 bridgehead atoms. The molecule has 0 saturated heterocycles. The van der Waals surface area contributed by atoms with Gasteiger partial charge >= 0.3 is 0 Å². The van der Waals surface area contributed by atoms with Gasteiger partial charge in [0.2, 0.25) is 0 Å². The normalized spacial score (nSPS) is 12.7. The number of ether oxygens (including phenoxy) is 1. The Kier molecular flexibility index (Phi) is 5.68. The Balaban J connectivity index is 2.92.